The molecule has 3 aromatic rings. The largest absolute Gasteiger partial charge is 0.462 e. The second kappa shape index (κ2) is 36.5. The van der Waals surface area contributed by atoms with Crippen LogP contribution in [-0.2, 0) is 88.2 Å². The summed E-state index contributed by atoms with van der Waals surface area (Å²) < 4.78 is 186. The highest BCUT2D eigenvalue weighted by Crippen LogP contribution is 2.47. The van der Waals surface area contributed by atoms with Gasteiger partial charge >= 0.3 is 48.4 Å². The van der Waals surface area contributed by atoms with E-state index in [1.165, 1.54) is 54.6 Å². The number of ketones is 1. The minimum Gasteiger partial charge on any atom is -0.462 e. The van der Waals surface area contributed by atoms with E-state index in [1.54, 1.807) is 13.0 Å². The Labute approximate surface area is 538 Å². The fourth-order valence-corrected chi connectivity index (χ4v) is 12.1. The summed E-state index contributed by atoms with van der Waals surface area (Å²) in [5.74, 6) is -7.09. The van der Waals surface area contributed by atoms with Gasteiger partial charge in [0.15, 0.2) is 0 Å². The molecule has 0 bridgehead atoms. The molecule has 0 saturated carbocycles. The minimum absolute atomic E-state index is 0.00349. The highest BCUT2D eigenvalue weighted by atomic mass is 19.4. The molecule has 24 heteroatoms. The standard InChI is InChI=1S/C69H89F9O15/c1-7-8-9-10-11-12-13-14-15-25-40-56(92-62(83)65(86-5,68(73,74)75)51-32-21-17-22-33-51)57-43-44-58(91-57)59(93-63(84)66(87-6,69(76,77)78)52-34-23-18-24-35-52)46-55(89-48(3)79)39-29-27-37-53(80)36-26-28-38-54(42-41-49-45-47(2)88-60(49)81)90-61(82)64(85-4,67(70,71)72)50-30-19-16-20-31-50/h16-24,30-35,45,47,54-59H,7-15,25-29,36-44,46H2,1-6H3/t47-,54+,55?,56+,57+,58+,59+,64-,65-,66-/m0/s1. The van der Waals surface area contributed by atoms with E-state index in [9.17, 15) is 41.9 Å². The highest BCUT2D eigenvalue weighted by Gasteiger charge is 2.67. The number of Topliss-reactive ketones (excluding diaryl/α,β-unsaturated/α-hetero) is 1. The highest BCUT2D eigenvalue weighted by molar-refractivity contribution is 5.91. The Morgan fingerprint density at radius 3 is 1.28 bits per heavy atom. The number of rotatable bonds is 41. The van der Waals surface area contributed by atoms with Crippen molar-refractivity contribution < 1.29 is 111 Å². The molecule has 2 aliphatic rings. The van der Waals surface area contributed by atoms with Gasteiger partial charge in [-0.15, -0.1) is 0 Å². The molecule has 0 amide bonds. The van der Waals surface area contributed by atoms with Crippen molar-refractivity contribution in [3.63, 3.8) is 0 Å². The third-order valence-corrected chi connectivity index (χ3v) is 17.1. The molecule has 1 unspecified atom stereocenters. The van der Waals surface area contributed by atoms with E-state index < -0.39 is 131 Å². The van der Waals surface area contributed by atoms with Crippen molar-refractivity contribution in [1.29, 1.82) is 0 Å². The quantitative estimate of drug-likeness (QED) is 0.0226. The number of unbranched alkanes of at least 4 members (excludes halogenated alkanes) is 11. The van der Waals surface area contributed by atoms with Crippen LogP contribution in [0.2, 0.25) is 0 Å². The van der Waals surface area contributed by atoms with E-state index in [4.69, 9.17) is 42.6 Å². The second-order valence-electron chi connectivity index (χ2n) is 23.8. The first-order valence-corrected chi connectivity index (χ1v) is 32.1. The normalized spacial score (nSPS) is 19.4. The lowest BCUT2D eigenvalue weighted by molar-refractivity contribution is -0.281. The third kappa shape index (κ3) is 20.8. The summed E-state index contributed by atoms with van der Waals surface area (Å²) in [6, 6.07) is 18.4. The maximum Gasteiger partial charge on any atom is 0.432 e. The van der Waals surface area contributed by atoms with Crippen LogP contribution in [0.4, 0.5) is 39.5 Å². The molecular formula is C69H89F9O15. The minimum atomic E-state index is -5.43. The molecular weight excluding hydrogens is 1240 g/mol. The van der Waals surface area contributed by atoms with Crippen molar-refractivity contribution in [3.05, 3.63) is 119 Å². The summed E-state index contributed by atoms with van der Waals surface area (Å²) in [5, 5.41) is 0. The maximum atomic E-state index is 15.4. The van der Waals surface area contributed by atoms with Crippen LogP contribution in [0.25, 0.3) is 0 Å². The van der Waals surface area contributed by atoms with Crippen LogP contribution >= 0.6 is 0 Å². The number of carbonyl (C=O) groups excluding carboxylic acids is 6. The van der Waals surface area contributed by atoms with E-state index in [1.807, 2.05) is 0 Å². The molecule has 10 atom stereocenters. The van der Waals surface area contributed by atoms with E-state index in [0.717, 1.165) is 109 Å². The lowest BCUT2D eigenvalue weighted by Gasteiger charge is -2.36. The van der Waals surface area contributed by atoms with Gasteiger partial charge in [-0.25, -0.2) is 19.2 Å². The van der Waals surface area contributed by atoms with Gasteiger partial charge in [-0.1, -0.05) is 156 Å². The first-order chi connectivity index (χ1) is 44.1. The Balaban J connectivity index is 1.33. The van der Waals surface area contributed by atoms with Gasteiger partial charge in [-0.2, -0.15) is 39.5 Å². The van der Waals surface area contributed by atoms with Gasteiger partial charge in [0, 0.05) is 69.8 Å². The van der Waals surface area contributed by atoms with Gasteiger partial charge in [-0.05, 0) is 90.0 Å². The summed E-state index contributed by atoms with van der Waals surface area (Å²) in [7, 11) is 2.14. The molecule has 1 fully saturated rings. The monoisotopic (exact) mass is 1330 g/mol. The molecule has 1 saturated heterocycles. The fourth-order valence-electron chi connectivity index (χ4n) is 12.1. The average Bonchev–Trinajstić information content (AvgIpc) is 1.51. The molecule has 5 rings (SSSR count). The molecule has 2 aliphatic heterocycles. The first kappa shape index (κ1) is 77.3. The molecule has 93 heavy (non-hydrogen) atoms. The number of hydrogen-bond acceptors (Lipinski definition) is 15. The van der Waals surface area contributed by atoms with Gasteiger partial charge in [-0.3, -0.25) is 9.59 Å². The lowest BCUT2D eigenvalue weighted by Crippen LogP contribution is -2.54. The van der Waals surface area contributed by atoms with Crippen LogP contribution < -0.4 is 0 Å². The second-order valence-corrected chi connectivity index (χ2v) is 23.8. The van der Waals surface area contributed by atoms with Crippen LogP contribution in [0, 0.1) is 0 Å². The van der Waals surface area contributed by atoms with Crippen molar-refractivity contribution in [2.75, 3.05) is 21.3 Å². The van der Waals surface area contributed by atoms with Gasteiger partial charge in [0.1, 0.15) is 36.3 Å². The fraction of sp³-hybridized carbons (Fsp3) is 0.623. The van der Waals surface area contributed by atoms with Crippen LogP contribution in [0.1, 0.15) is 192 Å². The molecule has 518 valence electrons. The number of alkyl halides is 9. The number of cyclic esters (lactones) is 1. The Kier molecular flexibility index (Phi) is 30.3. The van der Waals surface area contributed by atoms with Crippen molar-refractivity contribution in [2.24, 2.45) is 0 Å². The lowest BCUT2D eigenvalue weighted by atomic mass is 9.92. The summed E-state index contributed by atoms with van der Waals surface area (Å²) in [6.07, 6.45) is -13.8. The predicted molar refractivity (Wildman–Crippen MR) is 323 cm³/mol. The molecule has 2 heterocycles. The van der Waals surface area contributed by atoms with E-state index in [-0.39, 0.29) is 94.8 Å². The molecule has 0 radical (unpaired) electrons. The Bertz CT molecular complexity index is 2840. The first-order valence-electron chi connectivity index (χ1n) is 32.1. The van der Waals surface area contributed by atoms with Crippen LogP contribution in [0.3, 0.4) is 0 Å². The zero-order valence-electron chi connectivity index (χ0n) is 53.8. The van der Waals surface area contributed by atoms with Gasteiger partial charge in [0.05, 0.1) is 12.2 Å². The van der Waals surface area contributed by atoms with Gasteiger partial charge in [0.25, 0.3) is 16.8 Å². The summed E-state index contributed by atoms with van der Waals surface area (Å²) in [4.78, 5) is 80.8. The van der Waals surface area contributed by atoms with Gasteiger partial charge < -0.3 is 42.6 Å². The SMILES string of the molecule is CCCCCCCCCCCC[C@@H](OC(=O)[C@@](OC)(c1ccccc1)C(F)(F)F)[C@H]1CC[C@H]([C@@H](CC(CCCCC(=O)CCCC[C@H](CCC2=C[C@H](C)OC2=O)OC(=O)[C@@](OC)(c2ccccc2)C(F)(F)F)OC(C)=O)OC(=O)[C@@](OC)(c2ccccc2)C(F)(F)F)O1. The van der Waals surface area contributed by atoms with Crippen molar-refractivity contribution in [2.45, 2.75) is 253 Å². The van der Waals surface area contributed by atoms with Crippen molar-refractivity contribution >= 4 is 35.6 Å². The molecule has 0 spiro atoms. The summed E-state index contributed by atoms with van der Waals surface area (Å²) in [6.45, 7) is 4.83. The zero-order valence-corrected chi connectivity index (χ0v) is 53.8. The summed E-state index contributed by atoms with van der Waals surface area (Å²) >= 11 is 0. The molecule has 0 N–H and O–H groups in total. The van der Waals surface area contributed by atoms with Crippen LogP contribution in [-0.4, -0.2) is 118 Å². The molecule has 0 aromatic heterocycles. The Hall–Kier alpha value is -6.37. The molecule has 15 nitrogen and oxygen atoms in total. The molecule has 3 aromatic carbocycles. The van der Waals surface area contributed by atoms with E-state index >= 15 is 26.3 Å². The van der Waals surface area contributed by atoms with Gasteiger partial charge in [0.2, 0.25) is 0 Å². The third-order valence-electron chi connectivity index (χ3n) is 17.1. The van der Waals surface area contributed by atoms with Crippen molar-refractivity contribution in [3.8, 4) is 0 Å². The zero-order chi connectivity index (χ0) is 68.5. The number of benzene rings is 3. The topological polar surface area (TPSA) is 185 Å². The Morgan fingerprint density at radius 2 is 0.882 bits per heavy atom. The predicted octanol–water partition coefficient (Wildman–Crippen LogP) is 15.6. The smallest absolute Gasteiger partial charge is 0.432 e. The number of hydrogen-bond donors (Lipinski definition) is 0. The molecule has 0 aliphatic carbocycles. The average molecular weight is 1330 g/mol. The number of ether oxygens (including phenoxy) is 9. The number of methoxy groups -OCH3 is 3. The van der Waals surface area contributed by atoms with Crippen molar-refractivity contribution in [1.82, 2.24) is 0 Å². The van der Waals surface area contributed by atoms with Crippen LogP contribution in [0.5, 0.6) is 0 Å². The van der Waals surface area contributed by atoms with Crippen LogP contribution in [0.15, 0.2) is 103 Å². The Morgan fingerprint density at radius 1 is 0.495 bits per heavy atom. The number of carbonyl (C=O) groups is 6. The van der Waals surface area contributed by atoms with E-state index in [2.05, 4.69) is 6.92 Å². The number of esters is 5. The number of halogens is 9. The maximum absolute atomic E-state index is 15.4. The van der Waals surface area contributed by atoms with E-state index in [0.29, 0.717) is 20.0 Å². The summed E-state index contributed by atoms with van der Waals surface area (Å²) in [5.41, 5.74) is -12.2.